The molecule has 0 unspecified atom stereocenters. The van der Waals surface area contributed by atoms with E-state index in [9.17, 15) is 9.59 Å². The molecule has 0 N–H and O–H groups in total. The third kappa shape index (κ3) is 15.5. The average molecular weight is 663 g/mol. The van der Waals surface area contributed by atoms with Gasteiger partial charge in [0.25, 0.3) is 0 Å². The van der Waals surface area contributed by atoms with Gasteiger partial charge in [-0.05, 0) is 72.3 Å². The summed E-state index contributed by atoms with van der Waals surface area (Å²) in [6.45, 7) is 23.6. The van der Waals surface area contributed by atoms with Crippen LogP contribution in [0.2, 0.25) is 0 Å². The molecule has 0 radical (unpaired) electrons. The van der Waals surface area contributed by atoms with Crippen molar-refractivity contribution in [3.05, 3.63) is 34.9 Å². The second kappa shape index (κ2) is 19.3. The van der Waals surface area contributed by atoms with Gasteiger partial charge in [0.05, 0.1) is 19.6 Å². The Morgan fingerprint density at radius 3 is 1.71 bits per heavy atom. The number of ether oxygens (including phenoxy) is 2. The lowest BCUT2D eigenvalue weighted by Crippen LogP contribution is -2.44. The molecule has 2 amide bonds. The number of amides is 2. The van der Waals surface area contributed by atoms with Crippen LogP contribution in [0.4, 0.5) is 9.59 Å². The maximum atomic E-state index is 12.3. The van der Waals surface area contributed by atoms with Crippen LogP contribution in [0, 0.1) is 37.0 Å². The van der Waals surface area contributed by atoms with Crippen LogP contribution in [-0.2, 0) is 29.1 Å². The van der Waals surface area contributed by atoms with E-state index in [0.717, 1.165) is 65.4 Å². The summed E-state index contributed by atoms with van der Waals surface area (Å²) < 4.78 is 10.6. The fourth-order valence-electron chi connectivity index (χ4n) is 5.13. The van der Waals surface area contributed by atoms with Gasteiger partial charge in [-0.15, -0.1) is 19.3 Å². The maximum absolute atomic E-state index is 12.3. The van der Waals surface area contributed by atoms with Gasteiger partial charge in [-0.2, -0.15) is 0 Å². The molecule has 10 nitrogen and oxygen atoms in total. The van der Waals surface area contributed by atoms with Gasteiger partial charge in [0.1, 0.15) is 11.2 Å². The van der Waals surface area contributed by atoms with Crippen LogP contribution < -0.4 is 0 Å². The average Bonchev–Trinajstić information content (AvgIpc) is 3.43. The molecule has 3 heterocycles. The van der Waals surface area contributed by atoms with Gasteiger partial charge in [0.2, 0.25) is 0 Å². The fraction of sp³-hybridized carbons (Fsp3) is 0.632. The minimum atomic E-state index is -0.529. The van der Waals surface area contributed by atoms with Gasteiger partial charge in [-0.25, -0.2) is 9.59 Å². The number of hydrogen-bond acceptors (Lipinski definition) is 8. The highest BCUT2D eigenvalue weighted by molar-refractivity contribution is 5.69. The third-order valence-electron chi connectivity index (χ3n) is 7.77. The molecule has 0 aliphatic carbocycles. The Hall–Kier alpha value is -3.72. The zero-order valence-corrected chi connectivity index (χ0v) is 30.7. The molecule has 3 aliphatic rings. The van der Waals surface area contributed by atoms with Crippen molar-refractivity contribution in [2.75, 3.05) is 86.1 Å². The monoisotopic (exact) mass is 662 g/mol. The van der Waals surface area contributed by atoms with Crippen LogP contribution in [0.5, 0.6) is 0 Å². The number of piperazine rings is 2. The van der Waals surface area contributed by atoms with E-state index in [2.05, 4.69) is 69.7 Å². The van der Waals surface area contributed by atoms with Crippen molar-refractivity contribution in [3.63, 3.8) is 0 Å². The first-order valence-electron chi connectivity index (χ1n) is 16.7. The molecule has 1 aromatic carbocycles. The van der Waals surface area contributed by atoms with E-state index < -0.39 is 17.3 Å². The summed E-state index contributed by atoms with van der Waals surface area (Å²) in [4.78, 5) is 36.3. The molecule has 3 aliphatic heterocycles. The predicted molar refractivity (Wildman–Crippen MR) is 193 cm³/mol. The summed E-state index contributed by atoms with van der Waals surface area (Å²) in [6, 6.07) is 6.64. The summed E-state index contributed by atoms with van der Waals surface area (Å²) in [5.74, 6) is 7.36. The van der Waals surface area contributed by atoms with Crippen LogP contribution >= 0.6 is 0 Å². The van der Waals surface area contributed by atoms with Gasteiger partial charge >= 0.3 is 12.2 Å². The molecule has 2 fully saturated rings. The topological polar surface area (TPSA) is 72.0 Å². The fourth-order valence-corrected chi connectivity index (χ4v) is 5.13. The van der Waals surface area contributed by atoms with Crippen molar-refractivity contribution in [3.8, 4) is 37.0 Å². The Labute approximate surface area is 290 Å². The van der Waals surface area contributed by atoms with Crippen molar-refractivity contribution >= 4 is 12.2 Å². The lowest BCUT2D eigenvalue weighted by atomic mass is 10.1. The number of terminal acetylenes is 3. The quantitative estimate of drug-likeness (QED) is 0.438. The van der Waals surface area contributed by atoms with Gasteiger partial charge in [-0.3, -0.25) is 19.6 Å². The minimum absolute atomic E-state index is 0.166. The van der Waals surface area contributed by atoms with E-state index in [1.807, 2.05) is 20.8 Å². The molecule has 0 atom stereocenters. The largest absolute Gasteiger partial charge is 0.444 e. The first kappa shape index (κ1) is 40.5. The van der Waals surface area contributed by atoms with Gasteiger partial charge in [-0.1, -0.05) is 36.0 Å². The third-order valence-corrected chi connectivity index (χ3v) is 7.77. The van der Waals surface area contributed by atoms with E-state index in [1.54, 1.807) is 25.7 Å². The number of hydrogen-bond donors (Lipinski definition) is 0. The highest BCUT2D eigenvalue weighted by Crippen LogP contribution is 2.26. The molecule has 2 saturated heterocycles. The molecule has 4 rings (SSSR count). The van der Waals surface area contributed by atoms with Crippen LogP contribution in [0.1, 0.15) is 58.2 Å². The summed E-state index contributed by atoms with van der Waals surface area (Å²) >= 11 is 0. The van der Waals surface area contributed by atoms with Crippen molar-refractivity contribution in [2.45, 2.75) is 72.4 Å². The van der Waals surface area contributed by atoms with E-state index >= 15 is 0 Å². The molecule has 0 spiro atoms. The van der Waals surface area contributed by atoms with Crippen molar-refractivity contribution in [1.29, 1.82) is 0 Å². The summed E-state index contributed by atoms with van der Waals surface area (Å²) in [5.41, 5.74) is 2.86. The zero-order valence-electron chi connectivity index (χ0n) is 30.7. The second-order valence-corrected chi connectivity index (χ2v) is 14.5. The molecule has 48 heavy (non-hydrogen) atoms. The Morgan fingerprint density at radius 2 is 1.23 bits per heavy atom. The van der Waals surface area contributed by atoms with Crippen LogP contribution in [-0.4, -0.2) is 139 Å². The van der Waals surface area contributed by atoms with Crippen molar-refractivity contribution < 1.29 is 19.1 Å². The molecule has 0 saturated carbocycles. The number of likely N-dealkylation sites (N-methyl/N-ethyl adjacent to an activating group) is 2. The first-order valence-corrected chi connectivity index (χ1v) is 16.7. The molecule has 10 heteroatoms. The number of carbonyl (C=O) groups is 2. The van der Waals surface area contributed by atoms with Crippen LogP contribution in [0.25, 0.3) is 0 Å². The number of nitrogens with zero attached hydrogens (tertiary/aromatic N) is 6. The normalized spacial score (nSPS) is 17.2. The lowest BCUT2D eigenvalue weighted by Gasteiger charge is -2.32. The van der Waals surface area contributed by atoms with E-state index in [4.69, 9.17) is 28.7 Å². The number of carbonyl (C=O) groups excluding carboxylic acids is 2. The summed E-state index contributed by atoms with van der Waals surface area (Å²) in [5, 5.41) is 0. The Kier molecular flexibility index (Phi) is 16.3. The Bertz CT molecular complexity index is 1280. The van der Waals surface area contributed by atoms with Gasteiger partial charge < -0.3 is 19.3 Å². The highest BCUT2D eigenvalue weighted by atomic mass is 16.6. The molecule has 1 aromatic rings. The summed E-state index contributed by atoms with van der Waals surface area (Å²) in [7, 11) is 4.32. The highest BCUT2D eigenvalue weighted by Gasteiger charge is 2.28. The Morgan fingerprint density at radius 1 is 0.729 bits per heavy atom. The standard InChI is InChI=1S/C19H29N3O2.C11H15NO2.C8H14N2/c1-19(2,3)24-18(23)22-13-16-6-5-15(11-17(16)14-22)12-21-9-7-20(4)8-10-21;1-6-8-12(9-7-2)10(13)14-11(3,4)5;1-3-4-10-7-5-9(2)6-8-10/h5-6,11H,7-10,12-14H2,1-4H3;1-2H,8-9H2,3-5H3;1H,4-8H2,2H3. The van der Waals surface area contributed by atoms with Crippen molar-refractivity contribution in [1.82, 2.24) is 29.4 Å². The molecular formula is C38H58N6O4. The van der Waals surface area contributed by atoms with Crippen molar-refractivity contribution in [2.24, 2.45) is 0 Å². The smallest absolute Gasteiger partial charge is 0.411 e. The molecule has 264 valence electrons. The predicted octanol–water partition coefficient (Wildman–Crippen LogP) is 4.04. The maximum Gasteiger partial charge on any atom is 0.411 e. The van der Waals surface area contributed by atoms with Crippen LogP contribution in [0.3, 0.4) is 0 Å². The second-order valence-electron chi connectivity index (χ2n) is 14.5. The van der Waals surface area contributed by atoms with E-state index in [1.165, 1.54) is 21.6 Å². The SMILES string of the molecule is C#CCN(CC#C)C(=O)OC(C)(C)C.C#CCN1CCN(C)CC1.CN1CCN(Cc2ccc3c(c2)CN(C(=O)OC(C)(C)C)C3)CC1. The molecular weight excluding hydrogens is 604 g/mol. The van der Waals surface area contributed by atoms with Gasteiger partial charge in [0, 0.05) is 72.0 Å². The Balaban J connectivity index is 0.000000282. The summed E-state index contributed by atoms with van der Waals surface area (Å²) in [6.07, 6.45) is 14.7. The number of fused-ring (bicyclic) bond motifs is 1. The zero-order chi connectivity index (χ0) is 35.9. The van der Waals surface area contributed by atoms with E-state index in [0.29, 0.717) is 13.1 Å². The first-order chi connectivity index (χ1) is 22.5. The molecule has 0 aromatic heterocycles. The minimum Gasteiger partial charge on any atom is -0.444 e. The lowest BCUT2D eigenvalue weighted by molar-refractivity contribution is 0.0240. The number of benzene rings is 1. The molecule has 0 bridgehead atoms. The van der Waals surface area contributed by atoms with Gasteiger partial charge in [0.15, 0.2) is 0 Å². The number of rotatable bonds is 5. The van der Waals surface area contributed by atoms with Crippen LogP contribution in [0.15, 0.2) is 18.2 Å². The van der Waals surface area contributed by atoms with E-state index in [-0.39, 0.29) is 19.2 Å².